The van der Waals surface area contributed by atoms with Crippen LogP contribution in [0.25, 0.3) is 0 Å². The maximum absolute atomic E-state index is 12.0. The molecule has 0 radical (unpaired) electrons. The number of methoxy groups -OCH3 is 1. The molecular formula is C15H14BrNO3. The molecule has 2 aromatic carbocycles. The van der Waals surface area contributed by atoms with Crippen molar-refractivity contribution in [1.82, 2.24) is 0 Å². The van der Waals surface area contributed by atoms with Crippen molar-refractivity contribution in [3.8, 4) is 5.75 Å². The van der Waals surface area contributed by atoms with Gasteiger partial charge in [0.15, 0.2) is 0 Å². The zero-order chi connectivity index (χ0) is 14.5. The van der Waals surface area contributed by atoms with E-state index < -0.39 is 5.97 Å². The van der Waals surface area contributed by atoms with E-state index in [0.717, 1.165) is 10.0 Å². The molecule has 0 spiro atoms. The average Bonchev–Trinajstić information content (AvgIpc) is 2.46. The van der Waals surface area contributed by atoms with Gasteiger partial charge < -0.3 is 15.2 Å². The standard InChI is InChI=1S/C15H14BrNO3/c1-19-11-6-7-13(16)10(8-11)9-20-15(18)12-4-2-3-5-14(12)17/h2-8H,9,17H2,1H3. The van der Waals surface area contributed by atoms with Gasteiger partial charge in [-0.2, -0.15) is 0 Å². The fraction of sp³-hybridized carbons (Fsp3) is 0.133. The highest BCUT2D eigenvalue weighted by molar-refractivity contribution is 9.10. The van der Waals surface area contributed by atoms with Gasteiger partial charge in [0.25, 0.3) is 0 Å². The van der Waals surface area contributed by atoms with Crippen LogP contribution in [0.1, 0.15) is 15.9 Å². The number of nitrogen functional groups attached to an aromatic ring is 1. The summed E-state index contributed by atoms with van der Waals surface area (Å²) in [5.74, 6) is 0.260. The normalized spacial score (nSPS) is 10.1. The number of nitrogens with two attached hydrogens (primary N) is 1. The van der Waals surface area contributed by atoms with Crippen LogP contribution in [0.15, 0.2) is 46.9 Å². The second-order valence-electron chi connectivity index (χ2n) is 4.12. The number of hydrogen-bond acceptors (Lipinski definition) is 4. The van der Waals surface area contributed by atoms with Crippen LogP contribution in [-0.4, -0.2) is 13.1 Å². The third-order valence-corrected chi connectivity index (χ3v) is 3.57. The van der Waals surface area contributed by atoms with Gasteiger partial charge in [0, 0.05) is 15.7 Å². The van der Waals surface area contributed by atoms with Crippen molar-refractivity contribution in [1.29, 1.82) is 0 Å². The molecule has 0 unspecified atom stereocenters. The molecule has 2 N–H and O–H groups in total. The number of hydrogen-bond donors (Lipinski definition) is 1. The highest BCUT2D eigenvalue weighted by Crippen LogP contribution is 2.23. The molecule has 0 aliphatic carbocycles. The minimum absolute atomic E-state index is 0.144. The predicted molar refractivity (Wildman–Crippen MR) is 80.7 cm³/mol. The molecule has 2 aromatic rings. The topological polar surface area (TPSA) is 61.5 Å². The summed E-state index contributed by atoms with van der Waals surface area (Å²) < 4.78 is 11.3. The molecule has 0 aliphatic heterocycles. The smallest absolute Gasteiger partial charge is 0.340 e. The van der Waals surface area contributed by atoms with E-state index in [1.807, 2.05) is 18.2 Å². The Bertz CT molecular complexity index is 628. The van der Waals surface area contributed by atoms with Crippen LogP contribution in [0.4, 0.5) is 5.69 Å². The predicted octanol–water partition coefficient (Wildman–Crippen LogP) is 3.40. The average molecular weight is 336 g/mol. The van der Waals surface area contributed by atoms with Crippen LogP contribution in [0.2, 0.25) is 0 Å². The zero-order valence-corrected chi connectivity index (χ0v) is 12.5. The molecule has 0 heterocycles. The number of carbonyl (C=O) groups is 1. The summed E-state index contributed by atoms with van der Waals surface area (Å²) in [6, 6.07) is 12.3. The first kappa shape index (κ1) is 14.4. The van der Waals surface area contributed by atoms with E-state index in [9.17, 15) is 4.79 Å². The second-order valence-corrected chi connectivity index (χ2v) is 4.98. The quantitative estimate of drug-likeness (QED) is 0.687. The number of para-hydroxylation sites is 1. The Morgan fingerprint density at radius 1 is 1.25 bits per heavy atom. The Kier molecular flexibility index (Phi) is 4.63. The summed E-state index contributed by atoms with van der Waals surface area (Å²) in [5.41, 5.74) is 7.33. The van der Waals surface area contributed by atoms with Crippen molar-refractivity contribution in [2.45, 2.75) is 6.61 Å². The van der Waals surface area contributed by atoms with Crippen molar-refractivity contribution >= 4 is 27.6 Å². The molecule has 0 atom stereocenters. The van der Waals surface area contributed by atoms with Gasteiger partial charge in [-0.25, -0.2) is 4.79 Å². The van der Waals surface area contributed by atoms with E-state index in [2.05, 4.69) is 15.9 Å². The lowest BCUT2D eigenvalue weighted by Gasteiger charge is -2.09. The fourth-order valence-corrected chi connectivity index (χ4v) is 2.05. The molecule has 4 nitrogen and oxygen atoms in total. The van der Waals surface area contributed by atoms with Gasteiger partial charge in [0.1, 0.15) is 12.4 Å². The summed E-state index contributed by atoms with van der Waals surface area (Å²) in [6.45, 7) is 0.144. The van der Waals surface area contributed by atoms with Gasteiger partial charge in [-0.15, -0.1) is 0 Å². The van der Waals surface area contributed by atoms with Gasteiger partial charge in [-0.3, -0.25) is 0 Å². The van der Waals surface area contributed by atoms with Crippen LogP contribution in [0, 0.1) is 0 Å². The van der Waals surface area contributed by atoms with Crippen molar-refractivity contribution < 1.29 is 14.3 Å². The first-order valence-electron chi connectivity index (χ1n) is 5.96. The summed E-state index contributed by atoms with van der Waals surface area (Å²) in [4.78, 5) is 12.0. The maximum atomic E-state index is 12.0. The Balaban J connectivity index is 2.09. The van der Waals surface area contributed by atoms with E-state index in [1.54, 1.807) is 31.4 Å². The third-order valence-electron chi connectivity index (χ3n) is 2.79. The zero-order valence-electron chi connectivity index (χ0n) is 10.9. The molecule has 5 heteroatoms. The van der Waals surface area contributed by atoms with Crippen molar-refractivity contribution in [2.24, 2.45) is 0 Å². The third kappa shape index (κ3) is 3.30. The van der Waals surface area contributed by atoms with Crippen molar-refractivity contribution in [2.75, 3.05) is 12.8 Å². The molecule has 20 heavy (non-hydrogen) atoms. The van der Waals surface area contributed by atoms with Gasteiger partial charge >= 0.3 is 5.97 Å². The van der Waals surface area contributed by atoms with Crippen LogP contribution in [-0.2, 0) is 11.3 Å². The molecule has 2 rings (SSSR count). The molecule has 0 amide bonds. The van der Waals surface area contributed by atoms with Crippen molar-refractivity contribution in [3.63, 3.8) is 0 Å². The van der Waals surface area contributed by atoms with E-state index in [0.29, 0.717) is 17.0 Å². The Hall–Kier alpha value is -2.01. The largest absolute Gasteiger partial charge is 0.497 e. The fourth-order valence-electron chi connectivity index (χ4n) is 1.69. The molecule has 0 fully saturated rings. The highest BCUT2D eigenvalue weighted by atomic mass is 79.9. The molecule has 0 aliphatic rings. The molecule has 0 saturated carbocycles. The number of anilines is 1. The minimum atomic E-state index is -0.446. The first-order valence-corrected chi connectivity index (χ1v) is 6.75. The number of rotatable bonds is 4. The van der Waals surface area contributed by atoms with Crippen LogP contribution in [0.3, 0.4) is 0 Å². The van der Waals surface area contributed by atoms with Gasteiger partial charge in [0.05, 0.1) is 12.7 Å². The highest BCUT2D eigenvalue weighted by Gasteiger charge is 2.11. The molecular weight excluding hydrogens is 322 g/mol. The molecule has 104 valence electrons. The number of benzene rings is 2. The summed E-state index contributed by atoms with van der Waals surface area (Å²) in [6.07, 6.45) is 0. The SMILES string of the molecule is COc1ccc(Br)c(COC(=O)c2ccccc2N)c1. The Morgan fingerprint density at radius 3 is 2.70 bits per heavy atom. The monoisotopic (exact) mass is 335 g/mol. The van der Waals surface area contributed by atoms with Gasteiger partial charge in [-0.1, -0.05) is 28.1 Å². The molecule has 0 saturated heterocycles. The summed E-state index contributed by atoms with van der Waals surface area (Å²) >= 11 is 3.41. The summed E-state index contributed by atoms with van der Waals surface area (Å²) in [5, 5.41) is 0. The van der Waals surface area contributed by atoms with E-state index in [-0.39, 0.29) is 6.61 Å². The lowest BCUT2D eigenvalue weighted by Crippen LogP contribution is -2.08. The van der Waals surface area contributed by atoms with Crippen LogP contribution < -0.4 is 10.5 Å². The number of ether oxygens (including phenoxy) is 2. The number of carbonyl (C=O) groups excluding carboxylic acids is 1. The number of esters is 1. The van der Waals surface area contributed by atoms with E-state index in [4.69, 9.17) is 15.2 Å². The molecule has 0 aromatic heterocycles. The molecule has 0 bridgehead atoms. The van der Waals surface area contributed by atoms with E-state index in [1.165, 1.54) is 0 Å². The Labute approximate surface area is 125 Å². The van der Waals surface area contributed by atoms with E-state index >= 15 is 0 Å². The van der Waals surface area contributed by atoms with Gasteiger partial charge in [0.2, 0.25) is 0 Å². The number of halogens is 1. The van der Waals surface area contributed by atoms with Crippen LogP contribution in [0.5, 0.6) is 5.75 Å². The Morgan fingerprint density at radius 2 is 2.00 bits per heavy atom. The van der Waals surface area contributed by atoms with Crippen molar-refractivity contribution in [3.05, 3.63) is 58.1 Å². The second kappa shape index (κ2) is 6.43. The lowest BCUT2D eigenvalue weighted by atomic mass is 10.2. The van der Waals surface area contributed by atoms with Crippen LogP contribution >= 0.6 is 15.9 Å². The lowest BCUT2D eigenvalue weighted by molar-refractivity contribution is 0.0473. The summed E-state index contributed by atoms with van der Waals surface area (Å²) in [7, 11) is 1.59. The minimum Gasteiger partial charge on any atom is -0.497 e. The first-order chi connectivity index (χ1) is 9.61. The maximum Gasteiger partial charge on any atom is 0.340 e. The van der Waals surface area contributed by atoms with Gasteiger partial charge in [-0.05, 0) is 30.3 Å².